The van der Waals surface area contributed by atoms with Gasteiger partial charge in [0.05, 0.1) is 0 Å². The van der Waals surface area contributed by atoms with Crippen molar-refractivity contribution in [3.05, 3.63) is 12.2 Å². The molecule has 0 aromatic carbocycles. The lowest BCUT2D eigenvalue weighted by Crippen LogP contribution is -2.38. The highest BCUT2D eigenvalue weighted by atomic mass is 16.1. The quantitative estimate of drug-likeness (QED) is 0.502. The molecule has 3 nitrogen and oxygen atoms in total. The molecule has 0 fully saturated rings. The molecule has 1 N–H and O–H groups in total. The Balaban J connectivity index is 4.64. The lowest BCUT2D eigenvalue weighted by Gasteiger charge is -2.23. The number of hydrogen-bond donors (Lipinski definition) is 1. The number of carbonyl (C=O) groups excluding carboxylic acids is 1. The fraction of sp³-hybridized carbons (Fsp3) is 0.778. The van der Waals surface area contributed by atoms with Crippen LogP contribution in [0, 0.1) is 0 Å². The second-order valence-electron chi connectivity index (χ2n) is 5.86. The summed E-state index contributed by atoms with van der Waals surface area (Å²) in [6.45, 7) is 12.1. The summed E-state index contributed by atoms with van der Waals surface area (Å²) in [6.07, 6.45) is 10.2. The van der Waals surface area contributed by atoms with Gasteiger partial charge in [0.2, 0.25) is 0 Å². The number of nitrogens with zero attached hydrogens (tertiary/aromatic N) is 1. The van der Waals surface area contributed by atoms with Crippen LogP contribution in [0.5, 0.6) is 0 Å². The average Bonchev–Trinajstić information content (AvgIpc) is 2.46. The Bertz CT molecular complexity index is 315. The molecule has 1 unspecified atom stereocenters. The van der Waals surface area contributed by atoms with E-state index >= 15 is 0 Å². The van der Waals surface area contributed by atoms with Crippen molar-refractivity contribution < 1.29 is 4.79 Å². The van der Waals surface area contributed by atoms with Gasteiger partial charge in [-0.1, -0.05) is 53.0 Å². The van der Waals surface area contributed by atoms with E-state index in [0.717, 1.165) is 24.8 Å². The first kappa shape index (κ1) is 20.0. The van der Waals surface area contributed by atoms with Crippen molar-refractivity contribution in [1.29, 1.82) is 0 Å². The van der Waals surface area contributed by atoms with E-state index in [2.05, 4.69) is 37.7 Å². The molecule has 0 bridgehead atoms. The van der Waals surface area contributed by atoms with Gasteiger partial charge in [0.25, 0.3) is 0 Å². The number of ketones is 1. The molecule has 0 spiro atoms. The van der Waals surface area contributed by atoms with Crippen molar-refractivity contribution in [2.45, 2.75) is 91.3 Å². The lowest BCUT2D eigenvalue weighted by atomic mass is 10.0. The summed E-state index contributed by atoms with van der Waals surface area (Å²) in [6, 6.07) is 0.460. The second-order valence-corrected chi connectivity index (χ2v) is 5.86. The molecule has 0 saturated heterocycles. The van der Waals surface area contributed by atoms with Crippen LogP contribution in [-0.4, -0.2) is 24.2 Å². The zero-order valence-electron chi connectivity index (χ0n) is 14.5. The first-order valence-electron chi connectivity index (χ1n) is 8.49. The van der Waals surface area contributed by atoms with Crippen LogP contribution < -0.4 is 5.32 Å². The largest absolute Gasteiger partial charge is 0.300 e. The molecule has 0 aromatic rings. The molecule has 122 valence electrons. The van der Waals surface area contributed by atoms with Crippen LogP contribution in [0.15, 0.2) is 17.1 Å². The van der Waals surface area contributed by atoms with Gasteiger partial charge in [-0.05, 0) is 31.8 Å². The first-order valence-corrected chi connectivity index (χ1v) is 8.49. The summed E-state index contributed by atoms with van der Waals surface area (Å²) in [7, 11) is 0. The van der Waals surface area contributed by atoms with Crippen LogP contribution in [0.2, 0.25) is 0 Å². The molecular weight excluding hydrogens is 260 g/mol. The van der Waals surface area contributed by atoms with E-state index in [-0.39, 0.29) is 11.9 Å². The second kappa shape index (κ2) is 12.8. The monoisotopic (exact) mass is 294 g/mol. The van der Waals surface area contributed by atoms with E-state index < -0.39 is 0 Å². The highest BCUT2D eigenvalue weighted by molar-refractivity contribution is 5.79. The van der Waals surface area contributed by atoms with Gasteiger partial charge in [-0.3, -0.25) is 15.1 Å². The van der Waals surface area contributed by atoms with Crippen LogP contribution in [-0.2, 0) is 4.79 Å². The Kier molecular flexibility index (Phi) is 12.2. The van der Waals surface area contributed by atoms with Crippen LogP contribution in [0.1, 0.15) is 79.1 Å². The molecule has 0 rings (SSSR count). The molecule has 21 heavy (non-hydrogen) atoms. The minimum absolute atomic E-state index is 0.107. The number of aliphatic imine (C=N–C) groups is 1. The molecule has 0 aliphatic carbocycles. The van der Waals surface area contributed by atoms with Gasteiger partial charge in [-0.25, -0.2) is 0 Å². The molecule has 3 heteroatoms. The van der Waals surface area contributed by atoms with Crippen molar-refractivity contribution in [2.24, 2.45) is 4.99 Å². The van der Waals surface area contributed by atoms with E-state index in [1.165, 1.54) is 25.7 Å². The van der Waals surface area contributed by atoms with Crippen molar-refractivity contribution in [1.82, 2.24) is 5.32 Å². The molecule has 0 aromatic heterocycles. The van der Waals surface area contributed by atoms with E-state index in [0.29, 0.717) is 12.5 Å². The van der Waals surface area contributed by atoms with Crippen LogP contribution >= 0.6 is 0 Å². The fourth-order valence-corrected chi connectivity index (χ4v) is 2.20. The SMILES string of the molecule is C=C(/C=N\C(CC(C)=O)NC(CCCC)CCCC)CC. The van der Waals surface area contributed by atoms with Crippen molar-refractivity contribution in [2.75, 3.05) is 0 Å². The average molecular weight is 294 g/mol. The molecule has 0 aliphatic heterocycles. The van der Waals surface area contributed by atoms with Gasteiger partial charge in [-0.15, -0.1) is 0 Å². The molecular formula is C18H34N2O. The number of unbranched alkanes of at least 4 members (excludes halogenated alkanes) is 2. The van der Waals surface area contributed by atoms with E-state index in [1.807, 2.05) is 6.21 Å². The minimum atomic E-state index is -0.107. The third-order valence-electron chi connectivity index (χ3n) is 3.61. The Labute approximate surface area is 131 Å². The molecule has 0 saturated carbocycles. The van der Waals surface area contributed by atoms with Crippen LogP contribution in [0.3, 0.4) is 0 Å². The van der Waals surface area contributed by atoms with Gasteiger partial charge in [0.1, 0.15) is 11.9 Å². The van der Waals surface area contributed by atoms with E-state index in [4.69, 9.17) is 0 Å². The number of Topliss-reactive ketones (excluding diaryl/α,β-unsaturated/α-hetero) is 1. The Hall–Kier alpha value is -0.960. The molecule has 0 amide bonds. The van der Waals surface area contributed by atoms with Crippen molar-refractivity contribution >= 4 is 12.0 Å². The first-order chi connectivity index (χ1) is 10.0. The highest BCUT2D eigenvalue weighted by Gasteiger charge is 2.15. The summed E-state index contributed by atoms with van der Waals surface area (Å²) >= 11 is 0. The van der Waals surface area contributed by atoms with Crippen LogP contribution in [0.4, 0.5) is 0 Å². The van der Waals surface area contributed by atoms with Gasteiger partial charge in [0.15, 0.2) is 0 Å². The molecule has 0 aliphatic rings. The number of carbonyl (C=O) groups is 1. The summed E-state index contributed by atoms with van der Waals surface area (Å²) in [4.78, 5) is 16.0. The van der Waals surface area contributed by atoms with Crippen molar-refractivity contribution in [3.63, 3.8) is 0 Å². The molecule has 0 radical (unpaired) electrons. The standard InChI is InChI=1S/C18H34N2O/c1-6-9-11-17(12-10-7-2)20-18(13-16(5)21)19-14-15(4)8-3/h14,17-18,20H,4,6-13H2,1-3,5H3/b19-14-. The Morgan fingerprint density at radius 3 is 2.19 bits per heavy atom. The Morgan fingerprint density at radius 1 is 1.19 bits per heavy atom. The lowest BCUT2D eigenvalue weighted by molar-refractivity contribution is -0.117. The maximum atomic E-state index is 11.4. The predicted octanol–water partition coefficient (Wildman–Crippen LogP) is 4.67. The third-order valence-corrected chi connectivity index (χ3v) is 3.61. The summed E-state index contributed by atoms with van der Waals surface area (Å²) in [5, 5.41) is 3.57. The van der Waals surface area contributed by atoms with Gasteiger partial charge in [0, 0.05) is 18.7 Å². The summed E-state index contributed by atoms with van der Waals surface area (Å²) in [5.41, 5.74) is 1.00. The zero-order chi connectivity index (χ0) is 16.1. The maximum Gasteiger partial charge on any atom is 0.133 e. The van der Waals surface area contributed by atoms with Gasteiger partial charge >= 0.3 is 0 Å². The molecule has 0 heterocycles. The van der Waals surface area contributed by atoms with Gasteiger partial charge < -0.3 is 0 Å². The maximum absolute atomic E-state index is 11.4. The molecule has 1 atom stereocenters. The van der Waals surface area contributed by atoms with Crippen molar-refractivity contribution in [3.8, 4) is 0 Å². The summed E-state index contributed by atoms with van der Waals surface area (Å²) in [5.74, 6) is 0.177. The topological polar surface area (TPSA) is 41.5 Å². The minimum Gasteiger partial charge on any atom is -0.300 e. The number of hydrogen-bond acceptors (Lipinski definition) is 3. The van der Waals surface area contributed by atoms with E-state index in [9.17, 15) is 4.79 Å². The normalized spacial score (nSPS) is 13.0. The zero-order valence-corrected chi connectivity index (χ0v) is 14.5. The predicted molar refractivity (Wildman–Crippen MR) is 93.0 cm³/mol. The fourth-order valence-electron chi connectivity index (χ4n) is 2.20. The number of allylic oxidation sites excluding steroid dienone is 1. The van der Waals surface area contributed by atoms with Gasteiger partial charge in [-0.2, -0.15) is 0 Å². The van der Waals surface area contributed by atoms with E-state index in [1.54, 1.807) is 6.92 Å². The van der Waals surface area contributed by atoms with Crippen LogP contribution in [0.25, 0.3) is 0 Å². The Morgan fingerprint density at radius 2 is 1.76 bits per heavy atom. The summed E-state index contributed by atoms with van der Waals surface area (Å²) < 4.78 is 0. The third kappa shape index (κ3) is 11.4. The number of rotatable bonds is 13. The smallest absolute Gasteiger partial charge is 0.133 e. The highest BCUT2D eigenvalue weighted by Crippen LogP contribution is 2.11. The number of nitrogens with one attached hydrogen (secondary N) is 1.